The molecule has 7 heteroatoms. The molecule has 1 saturated heterocycles. The van der Waals surface area contributed by atoms with Crippen LogP contribution in [0.15, 0.2) is 48.5 Å². The number of nitrogens with one attached hydrogen (secondary N) is 2. The quantitative estimate of drug-likeness (QED) is 0.758. The largest absolute Gasteiger partial charge is 0.497 e. The molecule has 0 atom stereocenters. The Bertz CT molecular complexity index is 801. The fourth-order valence-electron chi connectivity index (χ4n) is 3.25. The molecule has 1 fully saturated rings. The molecule has 148 valence electrons. The summed E-state index contributed by atoms with van der Waals surface area (Å²) in [5, 5.41) is 3.26. The van der Waals surface area contributed by atoms with E-state index < -0.39 is 0 Å². The molecule has 2 aromatic carbocycles. The van der Waals surface area contributed by atoms with Gasteiger partial charge in [0.15, 0.2) is 0 Å². The number of amides is 2. The average Bonchev–Trinajstić information content (AvgIpc) is 2.73. The number of quaternary nitrogens is 1. The molecule has 1 aliphatic rings. The predicted molar refractivity (Wildman–Crippen MR) is 108 cm³/mol. The number of nitrogens with zero attached hydrogens (tertiary/aromatic N) is 1. The second kappa shape index (κ2) is 9.57. The van der Waals surface area contributed by atoms with Gasteiger partial charge >= 0.3 is 0 Å². The Hall–Kier alpha value is -2.57. The predicted octanol–water partition coefficient (Wildman–Crippen LogP) is 1.01. The summed E-state index contributed by atoms with van der Waals surface area (Å²) in [7, 11) is 1.66. The van der Waals surface area contributed by atoms with Crippen LogP contribution in [0.25, 0.3) is 0 Å². The van der Waals surface area contributed by atoms with Crippen molar-refractivity contribution < 1.29 is 19.2 Å². The monoisotopic (exact) mass is 402 g/mol. The Labute approximate surface area is 170 Å². The highest BCUT2D eigenvalue weighted by molar-refractivity contribution is 6.30. The van der Waals surface area contributed by atoms with Crippen molar-refractivity contribution in [2.75, 3.05) is 39.8 Å². The van der Waals surface area contributed by atoms with E-state index in [0.717, 1.165) is 25.4 Å². The van der Waals surface area contributed by atoms with Crippen LogP contribution in [0.5, 0.6) is 5.75 Å². The van der Waals surface area contributed by atoms with Gasteiger partial charge in [-0.25, -0.2) is 0 Å². The van der Waals surface area contributed by atoms with Crippen LogP contribution in [0.4, 0.5) is 0 Å². The molecule has 2 amide bonds. The van der Waals surface area contributed by atoms with Gasteiger partial charge in [0, 0.05) is 16.1 Å². The number of ether oxygens (including phenoxy) is 1. The number of benzene rings is 2. The van der Waals surface area contributed by atoms with Crippen molar-refractivity contribution in [3.8, 4) is 5.75 Å². The number of rotatable bonds is 6. The van der Waals surface area contributed by atoms with Crippen molar-refractivity contribution >= 4 is 23.4 Å². The van der Waals surface area contributed by atoms with Crippen LogP contribution < -0.4 is 15.0 Å². The summed E-state index contributed by atoms with van der Waals surface area (Å²) in [5.74, 6) is 0.536. The smallest absolute Gasteiger partial charge is 0.251 e. The van der Waals surface area contributed by atoms with Gasteiger partial charge < -0.3 is 19.9 Å². The minimum absolute atomic E-state index is 0.00920. The van der Waals surface area contributed by atoms with E-state index >= 15 is 0 Å². The zero-order valence-electron chi connectivity index (χ0n) is 15.9. The second-order valence-electron chi connectivity index (χ2n) is 6.85. The van der Waals surface area contributed by atoms with E-state index in [2.05, 4.69) is 17.4 Å². The van der Waals surface area contributed by atoms with Crippen LogP contribution in [0, 0.1) is 0 Å². The lowest BCUT2D eigenvalue weighted by atomic mass is 10.2. The fraction of sp³-hybridized carbons (Fsp3) is 0.333. The number of carbonyl (C=O) groups is 2. The number of halogens is 1. The topological polar surface area (TPSA) is 63.1 Å². The third-order valence-electron chi connectivity index (χ3n) is 4.94. The van der Waals surface area contributed by atoms with Gasteiger partial charge in [0.25, 0.3) is 5.91 Å². The summed E-state index contributed by atoms with van der Waals surface area (Å²) in [5.41, 5.74) is 1.75. The van der Waals surface area contributed by atoms with Gasteiger partial charge in [-0.15, -0.1) is 0 Å². The lowest BCUT2D eigenvalue weighted by Gasteiger charge is -2.32. The van der Waals surface area contributed by atoms with Crippen LogP contribution in [-0.4, -0.2) is 56.5 Å². The number of hydrogen-bond donors (Lipinski definition) is 2. The first-order valence-electron chi connectivity index (χ1n) is 9.33. The molecule has 0 radical (unpaired) electrons. The molecule has 6 nitrogen and oxygen atoms in total. The SMILES string of the molecule is COc1ccc(C[NH+]2CCN(C(=O)CNC(=O)c3ccc(Cl)cc3)CC2)cc1. The maximum Gasteiger partial charge on any atom is 0.251 e. The zero-order chi connectivity index (χ0) is 19.9. The van der Waals surface area contributed by atoms with Gasteiger partial charge in [0.05, 0.1) is 39.8 Å². The number of methoxy groups -OCH3 is 1. The van der Waals surface area contributed by atoms with Crippen molar-refractivity contribution in [1.82, 2.24) is 10.2 Å². The van der Waals surface area contributed by atoms with Crippen molar-refractivity contribution in [2.24, 2.45) is 0 Å². The average molecular weight is 403 g/mol. The van der Waals surface area contributed by atoms with E-state index in [4.69, 9.17) is 16.3 Å². The van der Waals surface area contributed by atoms with Crippen LogP contribution in [0.1, 0.15) is 15.9 Å². The molecule has 0 aromatic heterocycles. The molecule has 28 heavy (non-hydrogen) atoms. The van der Waals surface area contributed by atoms with E-state index in [-0.39, 0.29) is 18.4 Å². The van der Waals surface area contributed by atoms with Gasteiger partial charge in [-0.2, -0.15) is 0 Å². The highest BCUT2D eigenvalue weighted by Crippen LogP contribution is 2.11. The van der Waals surface area contributed by atoms with Crippen molar-refractivity contribution in [3.05, 3.63) is 64.7 Å². The van der Waals surface area contributed by atoms with E-state index in [0.29, 0.717) is 23.7 Å². The first kappa shape index (κ1) is 20.2. The molecular formula is C21H25ClN3O3+. The Morgan fingerprint density at radius 3 is 2.32 bits per heavy atom. The zero-order valence-corrected chi connectivity index (χ0v) is 16.7. The Morgan fingerprint density at radius 1 is 1.07 bits per heavy atom. The van der Waals surface area contributed by atoms with Crippen LogP contribution in [-0.2, 0) is 11.3 Å². The van der Waals surface area contributed by atoms with Gasteiger partial charge in [-0.05, 0) is 48.5 Å². The molecule has 1 heterocycles. The van der Waals surface area contributed by atoms with E-state index in [9.17, 15) is 9.59 Å². The lowest BCUT2D eigenvalue weighted by Crippen LogP contribution is -3.13. The number of carbonyl (C=O) groups excluding carboxylic acids is 2. The summed E-state index contributed by atoms with van der Waals surface area (Å²) in [4.78, 5) is 27.8. The number of piperazine rings is 1. The minimum atomic E-state index is -0.270. The third-order valence-corrected chi connectivity index (χ3v) is 5.19. The van der Waals surface area contributed by atoms with Crippen molar-refractivity contribution in [1.29, 1.82) is 0 Å². The fourth-order valence-corrected chi connectivity index (χ4v) is 3.38. The van der Waals surface area contributed by atoms with E-state index in [1.807, 2.05) is 17.0 Å². The molecule has 2 N–H and O–H groups in total. The van der Waals surface area contributed by atoms with Crippen LogP contribution in [0.3, 0.4) is 0 Å². The second-order valence-corrected chi connectivity index (χ2v) is 7.28. The van der Waals surface area contributed by atoms with E-state index in [1.54, 1.807) is 31.4 Å². The van der Waals surface area contributed by atoms with Crippen LogP contribution in [0.2, 0.25) is 5.02 Å². The molecule has 0 saturated carbocycles. The van der Waals surface area contributed by atoms with E-state index in [1.165, 1.54) is 10.5 Å². The summed E-state index contributed by atoms with van der Waals surface area (Å²) in [6, 6.07) is 14.7. The molecule has 0 spiro atoms. The Morgan fingerprint density at radius 2 is 1.71 bits per heavy atom. The van der Waals surface area contributed by atoms with Gasteiger partial charge in [-0.3, -0.25) is 9.59 Å². The molecule has 2 aromatic rings. The standard InChI is InChI=1S/C21H24ClN3O3/c1-28-19-8-2-16(3-9-19)15-24-10-12-25(13-11-24)20(26)14-23-21(27)17-4-6-18(22)7-5-17/h2-9H,10-15H2,1H3,(H,23,27)/p+1. The molecule has 0 aliphatic carbocycles. The maximum atomic E-state index is 12.4. The van der Waals surface area contributed by atoms with Crippen molar-refractivity contribution in [3.63, 3.8) is 0 Å². The summed E-state index contributed by atoms with van der Waals surface area (Å²) in [6.45, 7) is 4.11. The molecule has 0 bridgehead atoms. The Balaban J connectivity index is 1.41. The molecule has 1 aliphatic heterocycles. The molecule has 0 unspecified atom stereocenters. The third kappa shape index (κ3) is 5.47. The first-order chi connectivity index (χ1) is 13.5. The lowest BCUT2D eigenvalue weighted by molar-refractivity contribution is -0.917. The molecule has 3 rings (SSSR count). The first-order valence-corrected chi connectivity index (χ1v) is 9.71. The highest BCUT2D eigenvalue weighted by atomic mass is 35.5. The summed E-state index contributed by atoms with van der Waals surface area (Å²) < 4.78 is 5.19. The minimum Gasteiger partial charge on any atom is -0.497 e. The number of hydrogen-bond acceptors (Lipinski definition) is 3. The van der Waals surface area contributed by atoms with Gasteiger partial charge in [0.1, 0.15) is 12.3 Å². The normalized spacial score (nSPS) is 14.6. The van der Waals surface area contributed by atoms with Gasteiger partial charge in [-0.1, -0.05) is 11.6 Å². The van der Waals surface area contributed by atoms with Gasteiger partial charge in [0.2, 0.25) is 5.91 Å². The van der Waals surface area contributed by atoms with Crippen molar-refractivity contribution in [2.45, 2.75) is 6.54 Å². The maximum absolute atomic E-state index is 12.4. The molecular weight excluding hydrogens is 378 g/mol. The summed E-state index contributed by atoms with van der Waals surface area (Å²) in [6.07, 6.45) is 0. The summed E-state index contributed by atoms with van der Waals surface area (Å²) >= 11 is 5.82. The highest BCUT2D eigenvalue weighted by Gasteiger charge is 2.24. The van der Waals surface area contributed by atoms with Crippen LogP contribution >= 0.6 is 11.6 Å². The Kier molecular flexibility index (Phi) is 6.90.